The Kier molecular flexibility index (Phi) is 9.66. The molecular weight excluding hydrogens is 590 g/mol. The molecule has 4 aromatic carbocycles. The van der Waals surface area contributed by atoms with E-state index in [0.717, 1.165) is 24.1 Å². The number of nitro benzene ring substituents is 1. The van der Waals surface area contributed by atoms with Crippen LogP contribution in [0.4, 0.5) is 17.1 Å². The van der Waals surface area contributed by atoms with E-state index in [1.165, 1.54) is 29.3 Å². The number of benzene rings is 4. The lowest BCUT2D eigenvalue weighted by Crippen LogP contribution is -2.32. The lowest BCUT2D eigenvalue weighted by Gasteiger charge is -2.24. The summed E-state index contributed by atoms with van der Waals surface area (Å²) in [4.78, 5) is 49.0. The van der Waals surface area contributed by atoms with Gasteiger partial charge in [-0.15, -0.1) is 0 Å². The Morgan fingerprint density at radius 3 is 2.13 bits per heavy atom. The van der Waals surface area contributed by atoms with Crippen molar-refractivity contribution in [3.05, 3.63) is 123 Å². The highest BCUT2D eigenvalue weighted by Crippen LogP contribution is 2.30. The van der Waals surface area contributed by atoms with Gasteiger partial charge in [0.05, 0.1) is 24.4 Å². The van der Waals surface area contributed by atoms with Crippen molar-refractivity contribution >= 4 is 40.5 Å². The normalized spacial score (nSPS) is 12.5. The van der Waals surface area contributed by atoms with Gasteiger partial charge in [-0.1, -0.05) is 6.07 Å². The molecule has 3 amide bonds. The summed E-state index contributed by atoms with van der Waals surface area (Å²) < 4.78 is 11.1. The van der Waals surface area contributed by atoms with Crippen LogP contribution in [0.15, 0.2) is 96.1 Å². The molecule has 0 saturated heterocycles. The fraction of sp³-hybridized carbons (Fsp3) is 0.176. The van der Waals surface area contributed by atoms with E-state index in [0.29, 0.717) is 47.2 Å². The van der Waals surface area contributed by atoms with Crippen LogP contribution in [-0.4, -0.2) is 53.6 Å². The highest BCUT2D eigenvalue weighted by Gasteiger charge is 2.22. The number of nitro groups is 1. The van der Waals surface area contributed by atoms with Crippen molar-refractivity contribution in [2.45, 2.75) is 19.8 Å². The van der Waals surface area contributed by atoms with Crippen LogP contribution in [0.3, 0.4) is 0 Å². The van der Waals surface area contributed by atoms with E-state index in [9.17, 15) is 24.5 Å². The quantitative estimate of drug-likeness (QED) is 0.159. The van der Waals surface area contributed by atoms with Crippen LogP contribution in [0.5, 0.6) is 11.5 Å². The fourth-order valence-corrected chi connectivity index (χ4v) is 4.83. The average Bonchev–Trinajstić information content (AvgIpc) is 3.08. The molecule has 46 heavy (non-hydrogen) atoms. The molecule has 234 valence electrons. The van der Waals surface area contributed by atoms with Crippen LogP contribution in [0.25, 0.3) is 0 Å². The summed E-state index contributed by atoms with van der Waals surface area (Å²) in [6, 6.07) is 23.8. The third-order valence-corrected chi connectivity index (χ3v) is 7.17. The van der Waals surface area contributed by atoms with Crippen LogP contribution < -0.4 is 20.1 Å². The van der Waals surface area contributed by atoms with Gasteiger partial charge in [0.25, 0.3) is 23.4 Å². The van der Waals surface area contributed by atoms with E-state index in [1.54, 1.807) is 55.6 Å². The number of nitrogens with one attached hydrogen (secondary N) is 2. The summed E-state index contributed by atoms with van der Waals surface area (Å²) in [5, 5.41) is 22.5. The molecule has 0 aliphatic carbocycles. The lowest BCUT2D eigenvalue weighted by molar-refractivity contribution is -0.384. The van der Waals surface area contributed by atoms with Crippen molar-refractivity contribution < 1.29 is 28.8 Å². The van der Waals surface area contributed by atoms with Gasteiger partial charge < -0.3 is 20.1 Å². The lowest BCUT2D eigenvalue weighted by atomic mass is 10.0. The maximum absolute atomic E-state index is 13.3. The van der Waals surface area contributed by atoms with Crippen molar-refractivity contribution in [2.24, 2.45) is 5.10 Å². The molecular formula is C34H31N5O7. The predicted molar refractivity (Wildman–Crippen MR) is 173 cm³/mol. The Balaban J connectivity index is 1.20. The van der Waals surface area contributed by atoms with Gasteiger partial charge in [-0.3, -0.25) is 24.5 Å². The Morgan fingerprint density at radius 2 is 1.50 bits per heavy atom. The fourth-order valence-electron chi connectivity index (χ4n) is 4.83. The van der Waals surface area contributed by atoms with Crippen LogP contribution in [0.2, 0.25) is 0 Å². The first-order chi connectivity index (χ1) is 22.2. The van der Waals surface area contributed by atoms with Gasteiger partial charge >= 0.3 is 0 Å². The summed E-state index contributed by atoms with van der Waals surface area (Å²) in [5.74, 6) is 0.0943. The average molecular weight is 622 g/mol. The Bertz CT molecular complexity index is 1800. The molecule has 0 saturated carbocycles. The van der Waals surface area contributed by atoms with E-state index >= 15 is 0 Å². The zero-order valence-corrected chi connectivity index (χ0v) is 25.2. The minimum atomic E-state index is -0.572. The van der Waals surface area contributed by atoms with Gasteiger partial charge in [0, 0.05) is 52.3 Å². The van der Waals surface area contributed by atoms with E-state index < -0.39 is 10.8 Å². The van der Waals surface area contributed by atoms with E-state index in [1.807, 2.05) is 25.1 Å². The Labute approximate surface area is 264 Å². The number of rotatable bonds is 10. The van der Waals surface area contributed by atoms with Gasteiger partial charge in [0.15, 0.2) is 11.5 Å². The largest absolute Gasteiger partial charge is 0.493 e. The molecule has 1 aliphatic heterocycles. The molecule has 2 N–H and O–H groups in total. The van der Waals surface area contributed by atoms with Crippen molar-refractivity contribution in [1.82, 2.24) is 5.01 Å². The van der Waals surface area contributed by atoms with Crippen molar-refractivity contribution in [3.8, 4) is 11.5 Å². The Morgan fingerprint density at radius 1 is 0.848 bits per heavy atom. The first-order valence-corrected chi connectivity index (χ1v) is 14.5. The number of carbonyl (C=O) groups excluding carboxylic acids is 3. The SMILES string of the molecule is CCOc1cc(C2=NN(C(=O)c3ccc(NC(=O)c4ccc(NC(=O)c5cccc([N+](=O)[O-])c5)cc4)cc3)CCC2)ccc1OC. The van der Waals surface area contributed by atoms with Crippen molar-refractivity contribution in [3.63, 3.8) is 0 Å². The van der Waals surface area contributed by atoms with E-state index in [-0.39, 0.29) is 23.1 Å². The topological polar surface area (TPSA) is 152 Å². The first-order valence-electron chi connectivity index (χ1n) is 14.5. The molecule has 0 radical (unpaired) electrons. The number of hydrogen-bond donors (Lipinski definition) is 2. The number of amides is 3. The Hall–Kier alpha value is -6.04. The standard InChI is InChI=1S/C34H31N5O7/c1-3-46-31-21-24(13-18-30(31)45-2)29-8-5-19-38(37-29)34(42)23-11-16-27(17-12-23)35-32(40)22-9-14-26(15-10-22)36-33(41)25-6-4-7-28(20-25)39(43)44/h4,6-7,9-18,20-21H,3,5,8,19H2,1-2H3,(H,35,40)(H,36,41). The third-order valence-electron chi connectivity index (χ3n) is 7.17. The zero-order valence-electron chi connectivity index (χ0n) is 25.2. The summed E-state index contributed by atoms with van der Waals surface area (Å²) in [5.41, 5.74) is 3.27. The number of methoxy groups -OCH3 is 1. The van der Waals surface area contributed by atoms with Gasteiger partial charge in [-0.2, -0.15) is 5.10 Å². The molecule has 0 fully saturated rings. The van der Waals surface area contributed by atoms with Gasteiger partial charge in [0.1, 0.15) is 0 Å². The molecule has 0 spiro atoms. The molecule has 12 nitrogen and oxygen atoms in total. The highest BCUT2D eigenvalue weighted by molar-refractivity contribution is 6.07. The van der Waals surface area contributed by atoms with Crippen molar-refractivity contribution in [2.75, 3.05) is 30.9 Å². The number of hydrogen-bond acceptors (Lipinski definition) is 8. The number of hydrazone groups is 1. The summed E-state index contributed by atoms with van der Waals surface area (Å²) >= 11 is 0. The molecule has 0 bridgehead atoms. The molecule has 1 aliphatic rings. The number of non-ortho nitro benzene ring substituents is 1. The van der Waals surface area contributed by atoms with Crippen LogP contribution in [-0.2, 0) is 0 Å². The highest BCUT2D eigenvalue weighted by atomic mass is 16.6. The van der Waals surface area contributed by atoms with Gasteiger partial charge in [-0.05, 0) is 92.6 Å². The maximum atomic E-state index is 13.3. The molecule has 0 atom stereocenters. The molecule has 4 aromatic rings. The van der Waals surface area contributed by atoms with Crippen LogP contribution in [0, 0.1) is 10.1 Å². The second kappa shape index (κ2) is 14.2. The second-order valence-corrected chi connectivity index (χ2v) is 10.2. The minimum absolute atomic E-state index is 0.138. The zero-order chi connectivity index (χ0) is 32.6. The molecule has 0 unspecified atom stereocenters. The minimum Gasteiger partial charge on any atom is -0.493 e. The number of carbonyl (C=O) groups is 3. The number of ether oxygens (including phenoxy) is 2. The summed E-state index contributed by atoms with van der Waals surface area (Å²) in [7, 11) is 1.58. The van der Waals surface area contributed by atoms with Gasteiger partial charge in [0.2, 0.25) is 0 Å². The first kappa shape index (κ1) is 31.4. The summed E-state index contributed by atoms with van der Waals surface area (Å²) in [6.07, 6.45) is 1.48. The van der Waals surface area contributed by atoms with Crippen LogP contribution >= 0.6 is 0 Å². The smallest absolute Gasteiger partial charge is 0.273 e. The van der Waals surface area contributed by atoms with Gasteiger partial charge in [-0.25, -0.2) is 5.01 Å². The molecule has 5 rings (SSSR count). The molecule has 0 aromatic heterocycles. The third kappa shape index (κ3) is 7.36. The van der Waals surface area contributed by atoms with Crippen molar-refractivity contribution in [1.29, 1.82) is 0 Å². The predicted octanol–water partition coefficient (Wildman–Crippen LogP) is 6.15. The summed E-state index contributed by atoms with van der Waals surface area (Å²) in [6.45, 7) is 2.87. The second-order valence-electron chi connectivity index (χ2n) is 10.2. The number of anilines is 2. The number of nitrogens with zero attached hydrogens (tertiary/aromatic N) is 3. The van der Waals surface area contributed by atoms with E-state index in [4.69, 9.17) is 9.47 Å². The molecule has 1 heterocycles. The van der Waals surface area contributed by atoms with Crippen LogP contribution in [0.1, 0.15) is 56.4 Å². The maximum Gasteiger partial charge on any atom is 0.273 e. The monoisotopic (exact) mass is 621 g/mol. The van der Waals surface area contributed by atoms with E-state index in [2.05, 4.69) is 15.7 Å². The molecule has 12 heteroatoms.